The molecule has 0 amide bonds. The number of non-ortho nitro benzene ring substituents is 1. The number of thiazole rings is 1. The molecule has 96 valence electrons. The largest absolute Gasteiger partial charge is 0.423 e. The molecule has 0 fully saturated rings. The van der Waals surface area contributed by atoms with Crippen molar-refractivity contribution in [1.82, 2.24) is 9.97 Å². The molecule has 1 N–H and O–H groups in total. The van der Waals surface area contributed by atoms with Gasteiger partial charge in [-0.25, -0.2) is 4.98 Å². The van der Waals surface area contributed by atoms with Crippen LogP contribution in [-0.4, -0.2) is 14.9 Å². The average molecular weight is 276 g/mol. The van der Waals surface area contributed by atoms with E-state index in [1.807, 2.05) is 5.38 Å². The number of rotatable bonds is 4. The van der Waals surface area contributed by atoms with Crippen LogP contribution in [0.1, 0.15) is 5.69 Å². The zero-order chi connectivity index (χ0) is 13.2. The van der Waals surface area contributed by atoms with Gasteiger partial charge in [0.25, 0.3) is 11.7 Å². The van der Waals surface area contributed by atoms with Gasteiger partial charge >= 0.3 is 0 Å². The van der Waals surface area contributed by atoms with Crippen LogP contribution in [0.2, 0.25) is 0 Å². The number of anilines is 1. The fourth-order valence-electron chi connectivity index (χ4n) is 1.65. The van der Waals surface area contributed by atoms with Gasteiger partial charge in [0.2, 0.25) is 0 Å². The molecule has 8 heteroatoms. The van der Waals surface area contributed by atoms with E-state index >= 15 is 0 Å². The van der Waals surface area contributed by atoms with Crippen molar-refractivity contribution in [1.29, 1.82) is 0 Å². The first-order chi connectivity index (χ1) is 9.24. The van der Waals surface area contributed by atoms with Crippen LogP contribution >= 0.6 is 11.3 Å². The molecular formula is C11H8N4O3S. The zero-order valence-corrected chi connectivity index (χ0v) is 10.4. The second-order valence-corrected chi connectivity index (χ2v) is 4.45. The maximum absolute atomic E-state index is 10.9. The van der Waals surface area contributed by atoms with E-state index in [9.17, 15) is 10.1 Å². The maximum atomic E-state index is 10.9. The molecule has 0 unspecified atom stereocenters. The van der Waals surface area contributed by atoms with Crippen molar-refractivity contribution in [2.45, 2.75) is 6.54 Å². The van der Waals surface area contributed by atoms with E-state index in [4.69, 9.17) is 4.42 Å². The maximum Gasteiger partial charge on any atom is 0.298 e. The van der Waals surface area contributed by atoms with Crippen LogP contribution in [0.25, 0.3) is 11.1 Å². The summed E-state index contributed by atoms with van der Waals surface area (Å²) >= 11 is 1.49. The molecule has 0 bridgehead atoms. The number of nitrogens with one attached hydrogen (secondary N) is 1. The fraction of sp³-hybridized carbons (Fsp3) is 0.0909. The smallest absolute Gasteiger partial charge is 0.298 e. The van der Waals surface area contributed by atoms with Crippen molar-refractivity contribution in [3.8, 4) is 0 Å². The molecule has 2 heterocycles. The lowest BCUT2D eigenvalue weighted by molar-refractivity contribution is -0.383. The first-order valence-corrected chi connectivity index (χ1v) is 6.33. The van der Waals surface area contributed by atoms with Crippen LogP contribution in [-0.2, 0) is 6.54 Å². The number of oxazole rings is 1. The molecule has 0 aliphatic rings. The van der Waals surface area contributed by atoms with Crippen LogP contribution in [0.5, 0.6) is 0 Å². The number of nitro groups is 1. The standard InChI is InChI=1S/C11H8N4O3S/c16-15(17)8-2-1-3-9-10(8)14-11(18-9)12-4-7-5-19-6-13-7/h1-3,5-6H,4H2,(H,12,14). The van der Waals surface area contributed by atoms with Gasteiger partial charge in [-0.3, -0.25) is 10.1 Å². The van der Waals surface area contributed by atoms with E-state index in [0.29, 0.717) is 12.1 Å². The number of aromatic nitrogens is 2. The SMILES string of the molecule is O=[N+]([O-])c1cccc2oc(NCc3cscn3)nc12. The van der Waals surface area contributed by atoms with Crippen LogP contribution in [0.15, 0.2) is 33.5 Å². The predicted octanol–water partition coefficient (Wildman–Crippen LogP) is 2.80. The van der Waals surface area contributed by atoms with Gasteiger partial charge < -0.3 is 9.73 Å². The molecule has 3 aromatic rings. The summed E-state index contributed by atoms with van der Waals surface area (Å²) in [5.74, 6) is 0. The molecule has 7 nitrogen and oxygen atoms in total. The number of fused-ring (bicyclic) bond motifs is 1. The Hall–Kier alpha value is -2.48. The van der Waals surface area contributed by atoms with Crippen molar-refractivity contribution in [2.75, 3.05) is 5.32 Å². The molecule has 19 heavy (non-hydrogen) atoms. The second kappa shape index (κ2) is 4.65. The Kier molecular flexibility index (Phi) is 2.84. The Balaban J connectivity index is 1.89. The van der Waals surface area contributed by atoms with E-state index in [-0.39, 0.29) is 17.2 Å². The Morgan fingerprint density at radius 3 is 3.11 bits per heavy atom. The van der Waals surface area contributed by atoms with Crippen molar-refractivity contribution in [3.63, 3.8) is 0 Å². The van der Waals surface area contributed by atoms with Crippen LogP contribution in [0.3, 0.4) is 0 Å². The molecule has 3 rings (SSSR count). The Labute approximate surface area is 111 Å². The van der Waals surface area contributed by atoms with Crippen molar-refractivity contribution in [3.05, 3.63) is 44.9 Å². The van der Waals surface area contributed by atoms with E-state index in [1.54, 1.807) is 17.6 Å². The van der Waals surface area contributed by atoms with E-state index in [0.717, 1.165) is 5.69 Å². The summed E-state index contributed by atoms with van der Waals surface area (Å²) in [5.41, 5.74) is 3.15. The van der Waals surface area contributed by atoms with E-state index in [1.165, 1.54) is 17.4 Å². The Morgan fingerprint density at radius 1 is 1.47 bits per heavy atom. The minimum Gasteiger partial charge on any atom is -0.423 e. The highest BCUT2D eigenvalue weighted by Gasteiger charge is 2.17. The lowest BCUT2D eigenvalue weighted by Gasteiger charge is -1.96. The minimum atomic E-state index is -0.477. The third-order valence-corrected chi connectivity index (χ3v) is 3.13. The first-order valence-electron chi connectivity index (χ1n) is 5.39. The highest BCUT2D eigenvalue weighted by Crippen LogP contribution is 2.27. The lowest BCUT2D eigenvalue weighted by Crippen LogP contribution is -1.99. The summed E-state index contributed by atoms with van der Waals surface area (Å²) in [7, 11) is 0. The predicted molar refractivity (Wildman–Crippen MR) is 70.1 cm³/mol. The summed E-state index contributed by atoms with van der Waals surface area (Å²) in [4.78, 5) is 18.6. The molecule has 0 saturated heterocycles. The second-order valence-electron chi connectivity index (χ2n) is 3.73. The Morgan fingerprint density at radius 2 is 2.37 bits per heavy atom. The number of hydrogen-bond donors (Lipinski definition) is 1. The number of para-hydroxylation sites is 1. The van der Waals surface area contributed by atoms with Crippen LogP contribution in [0, 0.1) is 10.1 Å². The minimum absolute atomic E-state index is 0.0667. The molecule has 0 saturated carbocycles. The summed E-state index contributed by atoms with van der Waals surface area (Å²) in [5, 5.41) is 15.7. The summed E-state index contributed by atoms with van der Waals surface area (Å²) in [6, 6.07) is 4.85. The summed E-state index contributed by atoms with van der Waals surface area (Å²) < 4.78 is 5.41. The number of hydrogen-bond acceptors (Lipinski definition) is 7. The van der Waals surface area contributed by atoms with Gasteiger partial charge in [0.15, 0.2) is 11.1 Å². The molecule has 0 spiro atoms. The molecule has 0 aliphatic carbocycles. The highest BCUT2D eigenvalue weighted by molar-refractivity contribution is 7.07. The molecule has 0 atom stereocenters. The van der Waals surface area contributed by atoms with Gasteiger partial charge in [0, 0.05) is 11.4 Å². The van der Waals surface area contributed by atoms with Gasteiger partial charge in [-0.2, -0.15) is 4.98 Å². The highest BCUT2D eigenvalue weighted by atomic mass is 32.1. The summed E-state index contributed by atoms with van der Waals surface area (Å²) in [6.45, 7) is 0.462. The number of nitrogens with zero attached hydrogens (tertiary/aromatic N) is 3. The van der Waals surface area contributed by atoms with Gasteiger partial charge in [-0.05, 0) is 6.07 Å². The third-order valence-electron chi connectivity index (χ3n) is 2.50. The average Bonchev–Trinajstić information content (AvgIpc) is 3.04. The van der Waals surface area contributed by atoms with Crippen LogP contribution in [0.4, 0.5) is 11.7 Å². The van der Waals surface area contributed by atoms with E-state index < -0.39 is 4.92 Å². The normalized spacial score (nSPS) is 10.7. The van der Waals surface area contributed by atoms with Gasteiger partial charge in [0.05, 0.1) is 22.7 Å². The Bertz CT molecular complexity index is 723. The summed E-state index contributed by atoms with van der Waals surface area (Å²) in [6.07, 6.45) is 0. The lowest BCUT2D eigenvalue weighted by atomic mass is 10.3. The zero-order valence-electron chi connectivity index (χ0n) is 9.57. The molecular weight excluding hydrogens is 268 g/mol. The van der Waals surface area contributed by atoms with Gasteiger partial charge in [0.1, 0.15) is 0 Å². The fourth-order valence-corrected chi connectivity index (χ4v) is 2.21. The quantitative estimate of drug-likeness (QED) is 0.581. The number of benzene rings is 1. The monoisotopic (exact) mass is 276 g/mol. The van der Waals surface area contributed by atoms with Crippen molar-refractivity contribution >= 4 is 34.1 Å². The third kappa shape index (κ3) is 2.25. The molecule has 2 aromatic heterocycles. The molecule has 0 aliphatic heterocycles. The van der Waals surface area contributed by atoms with Crippen molar-refractivity contribution in [2.24, 2.45) is 0 Å². The topological polar surface area (TPSA) is 94.1 Å². The number of nitro benzene ring substituents is 1. The van der Waals surface area contributed by atoms with Gasteiger partial charge in [-0.1, -0.05) is 6.07 Å². The molecule has 1 aromatic carbocycles. The van der Waals surface area contributed by atoms with Crippen molar-refractivity contribution < 1.29 is 9.34 Å². The molecule has 0 radical (unpaired) electrons. The van der Waals surface area contributed by atoms with E-state index in [2.05, 4.69) is 15.3 Å². The first kappa shape index (κ1) is 11.6. The van der Waals surface area contributed by atoms with Gasteiger partial charge in [-0.15, -0.1) is 11.3 Å². The van der Waals surface area contributed by atoms with Crippen LogP contribution < -0.4 is 5.32 Å².